The molecule has 2 N–H and O–H groups in total. The molecule has 0 saturated carbocycles. The molecule has 21 heavy (non-hydrogen) atoms. The smallest absolute Gasteiger partial charge is 0.222 e. The van der Waals surface area contributed by atoms with Crippen LogP contribution in [-0.4, -0.2) is 22.3 Å². The van der Waals surface area contributed by atoms with E-state index in [-0.39, 0.29) is 6.04 Å². The zero-order valence-corrected chi connectivity index (χ0v) is 13.6. The van der Waals surface area contributed by atoms with Crippen LogP contribution in [0.2, 0.25) is 0 Å². The van der Waals surface area contributed by atoms with Crippen molar-refractivity contribution in [2.45, 2.75) is 39.2 Å². The second-order valence-corrected chi connectivity index (χ2v) is 5.48. The van der Waals surface area contributed by atoms with Crippen molar-refractivity contribution in [3.63, 3.8) is 0 Å². The van der Waals surface area contributed by atoms with E-state index in [1.165, 1.54) is 0 Å². The molecule has 0 aliphatic rings. The number of rotatable bonds is 7. The van der Waals surface area contributed by atoms with Crippen LogP contribution in [0, 0.1) is 0 Å². The first-order valence-electron chi connectivity index (χ1n) is 7.48. The van der Waals surface area contributed by atoms with Gasteiger partial charge in [0, 0.05) is 24.1 Å². The highest BCUT2D eigenvalue weighted by molar-refractivity contribution is 7.80. The summed E-state index contributed by atoms with van der Waals surface area (Å²) in [5.41, 5.74) is 8.33. The van der Waals surface area contributed by atoms with Gasteiger partial charge in [0.05, 0.1) is 12.0 Å². The van der Waals surface area contributed by atoms with Gasteiger partial charge in [0.1, 0.15) is 0 Å². The normalized spacial score (nSPS) is 12.6. The van der Waals surface area contributed by atoms with Crippen LogP contribution in [0.25, 0.3) is 10.8 Å². The average molecular weight is 305 g/mol. The fraction of sp³-hybridized carbons (Fsp3) is 0.500. The Bertz CT molecular complexity index is 603. The Morgan fingerprint density at radius 3 is 2.71 bits per heavy atom. The second-order valence-electron chi connectivity index (χ2n) is 5.03. The summed E-state index contributed by atoms with van der Waals surface area (Å²) >= 11 is 4.19. The number of ether oxygens (including phenoxy) is 1. The summed E-state index contributed by atoms with van der Waals surface area (Å²) < 4.78 is 5.76. The van der Waals surface area contributed by atoms with Crippen molar-refractivity contribution in [2.75, 3.05) is 12.4 Å². The minimum absolute atomic E-state index is 0.0152. The van der Waals surface area contributed by atoms with Crippen molar-refractivity contribution in [3.8, 4) is 5.88 Å². The zero-order valence-electron chi connectivity index (χ0n) is 12.7. The Labute approximate surface area is 131 Å². The van der Waals surface area contributed by atoms with E-state index >= 15 is 0 Å². The monoisotopic (exact) mass is 305 g/mol. The van der Waals surface area contributed by atoms with E-state index in [0.717, 1.165) is 47.0 Å². The molecule has 5 heteroatoms. The van der Waals surface area contributed by atoms with E-state index < -0.39 is 0 Å². The molecule has 4 nitrogen and oxygen atoms in total. The predicted octanol–water partition coefficient (Wildman–Crippen LogP) is 3.30. The summed E-state index contributed by atoms with van der Waals surface area (Å²) in [5.74, 6) is 1.43. The molecular weight excluding hydrogens is 282 g/mol. The molecule has 0 bridgehead atoms. The van der Waals surface area contributed by atoms with Gasteiger partial charge in [-0.2, -0.15) is 12.6 Å². The summed E-state index contributed by atoms with van der Waals surface area (Å²) in [7, 11) is 0. The zero-order chi connectivity index (χ0) is 15.2. The molecule has 1 unspecified atom stereocenters. The number of aryl methyl sites for hydroxylation is 1. The van der Waals surface area contributed by atoms with Gasteiger partial charge in [-0.05, 0) is 42.0 Å². The molecule has 0 aliphatic heterocycles. The lowest BCUT2D eigenvalue weighted by atomic mass is 10.0. The maximum atomic E-state index is 6.21. The Morgan fingerprint density at radius 2 is 2.05 bits per heavy atom. The highest BCUT2D eigenvalue weighted by Crippen LogP contribution is 2.30. The molecule has 114 valence electrons. The fourth-order valence-electron chi connectivity index (χ4n) is 2.23. The van der Waals surface area contributed by atoms with Gasteiger partial charge in [-0.25, -0.2) is 4.98 Å². The maximum absolute atomic E-state index is 6.21. The molecule has 0 aliphatic carbocycles. The van der Waals surface area contributed by atoms with Gasteiger partial charge >= 0.3 is 0 Å². The van der Waals surface area contributed by atoms with Crippen LogP contribution in [0.15, 0.2) is 18.5 Å². The number of nitrogens with two attached hydrogens (primary N) is 1. The Kier molecular flexibility index (Phi) is 5.82. The first-order valence-corrected chi connectivity index (χ1v) is 8.11. The first-order chi connectivity index (χ1) is 10.2. The van der Waals surface area contributed by atoms with Crippen molar-refractivity contribution >= 4 is 23.4 Å². The second kappa shape index (κ2) is 7.61. The van der Waals surface area contributed by atoms with E-state index in [9.17, 15) is 0 Å². The van der Waals surface area contributed by atoms with Gasteiger partial charge in [0.25, 0.3) is 0 Å². The van der Waals surface area contributed by atoms with Crippen LogP contribution < -0.4 is 10.5 Å². The van der Waals surface area contributed by atoms with Crippen LogP contribution in [0.3, 0.4) is 0 Å². The van der Waals surface area contributed by atoms with E-state index in [2.05, 4.69) is 42.5 Å². The molecule has 2 rings (SSSR count). The standard InChI is InChI=1S/C16H23N3OS/c1-3-11-8-12-13(15(17)4-2)9-19-16(14(12)10-18-11)20-6-5-7-21/h8-10,15,21H,3-7,17H2,1-2H3. The van der Waals surface area contributed by atoms with E-state index in [1.807, 2.05) is 12.4 Å². The summed E-state index contributed by atoms with van der Waals surface area (Å²) in [4.78, 5) is 8.90. The van der Waals surface area contributed by atoms with Crippen LogP contribution in [0.4, 0.5) is 0 Å². The minimum atomic E-state index is -0.0152. The Hall–Kier alpha value is -1.33. The molecule has 2 aromatic heterocycles. The van der Waals surface area contributed by atoms with Crippen molar-refractivity contribution in [3.05, 3.63) is 29.7 Å². The molecule has 2 aromatic rings. The molecule has 1 atom stereocenters. The van der Waals surface area contributed by atoms with E-state index in [4.69, 9.17) is 10.5 Å². The van der Waals surface area contributed by atoms with E-state index in [1.54, 1.807) is 0 Å². The number of aromatic nitrogens is 2. The van der Waals surface area contributed by atoms with Crippen LogP contribution in [0.5, 0.6) is 5.88 Å². The Morgan fingerprint density at radius 1 is 1.24 bits per heavy atom. The third-order valence-corrected chi connectivity index (χ3v) is 3.88. The largest absolute Gasteiger partial charge is 0.477 e. The topological polar surface area (TPSA) is 61.0 Å². The highest BCUT2D eigenvalue weighted by Gasteiger charge is 2.14. The van der Waals surface area contributed by atoms with Gasteiger partial charge in [-0.1, -0.05) is 13.8 Å². The third-order valence-electron chi connectivity index (χ3n) is 3.57. The lowest BCUT2D eigenvalue weighted by Crippen LogP contribution is -2.11. The number of nitrogens with zero attached hydrogens (tertiary/aromatic N) is 2. The number of fused-ring (bicyclic) bond motifs is 1. The highest BCUT2D eigenvalue weighted by atomic mass is 32.1. The quantitative estimate of drug-likeness (QED) is 0.608. The molecule has 0 fully saturated rings. The lowest BCUT2D eigenvalue weighted by Gasteiger charge is -2.15. The molecule has 0 spiro atoms. The van der Waals surface area contributed by atoms with Crippen LogP contribution in [0.1, 0.15) is 44.0 Å². The maximum Gasteiger partial charge on any atom is 0.222 e. The summed E-state index contributed by atoms with van der Waals surface area (Å²) in [6.07, 6.45) is 6.35. The predicted molar refractivity (Wildman–Crippen MR) is 90.1 cm³/mol. The molecule has 0 radical (unpaired) electrons. The minimum Gasteiger partial charge on any atom is -0.477 e. The third kappa shape index (κ3) is 3.66. The summed E-state index contributed by atoms with van der Waals surface area (Å²) in [6.45, 7) is 4.79. The average Bonchev–Trinajstić information content (AvgIpc) is 2.53. The van der Waals surface area contributed by atoms with Gasteiger partial charge in [-0.15, -0.1) is 0 Å². The number of hydrogen-bond donors (Lipinski definition) is 2. The molecule has 2 heterocycles. The van der Waals surface area contributed by atoms with Gasteiger partial charge in [0.2, 0.25) is 5.88 Å². The van der Waals surface area contributed by atoms with Crippen molar-refractivity contribution in [1.82, 2.24) is 9.97 Å². The molecule has 0 aromatic carbocycles. The lowest BCUT2D eigenvalue weighted by molar-refractivity contribution is 0.310. The van der Waals surface area contributed by atoms with Gasteiger partial charge in [0.15, 0.2) is 0 Å². The van der Waals surface area contributed by atoms with Crippen molar-refractivity contribution < 1.29 is 4.74 Å². The van der Waals surface area contributed by atoms with Gasteiger partial charge in [-0.3, -0.25) is 4.98 Å². The van der Waals surface area contributed by atoms with Crippen molar-refractivity contribution in [2.24, 2.45) is 5.73 Å². The summed E-state index contributed by atoms with van der Waals surface area (Å²) in [5, 5.41) is 2.04. The first kappa shape index (κ1) is 16.0. The molecular formula is C16H23N3OS. The molecule has 0 amide bonds. The Balaban J connectivity index is 2.48. The number of hydrogen-bond acceptors (Lipinski definition) is 5. The molecule has 0 saturated heterocycles. The summed E-state index contributed by atoms with van der Waals surface area (Å²) in [6, 6.07) is 2.09. The number of thiol groups is 1. The van der Waals surface area contributed by atoms with Crippen LogP contribution >= 0.6 is 12.6 Å². The fourth-order valence-corrected chi connectivity index (χ4v) is 2.36. The van der Waals surface area contributed by atoms with E-state index in [0.29, 0.717) is 12.5 Å². The van der Waals surface area contributed by atoms with Gasteiger partial charge < -0.3 is 10.5 Å². The van der Waals surface area contributed by atoms with Crippen molar-refractivity contribution in [1.29, 1.82) is 0 Å². The number of pyridine rings is 2. The van der Waals surface area contributed by atoms with Crippen LogP contribution in [-0.2, 0) is 6.42 Å². The SMILES string of the molecule is CCc1cc2c(C(N)CC)cnc(OCCCS)c2cn1.